The van der Waals surface area contributed by atoms with E-state index in [1.165, 1.54) is 5.06 Å². The van der Waals surface area contributed by atoms with E-state index in [1.54, 1.807) is 25.7 Å². The summed E-state index contributed by atoms with van der Waals surface area (Å²) in [5.41, 5.74) is -0.0971. The summed E-state index contributed by atoms with van der Waals surface area (Å²) in [6, 6.07) is 16.6. The van der Waals surface area contributed by atoms with E-state index in [9.17, 15) is 29.2 Å². The molecule has 5 amide bonds. The fourth-order valence-corrected chi connectivity index (χ4v) is 8.52. The van der Waals surface area contributed by atoms with Crippen molar-refractivity contribution in [3.05, 3.63) is 83.9 Å². The molecule has 14 heteroatoms. The van der Waals surface area contributed by atoms with E-state index in [-0.39, 0.29) is 43.3 Å². The van der Waals surface area contributed by atoms with Crippen molar-refractivity contribution < 1.29 is 38.7 Å². The second-order valence-corrected chi connectivity index (χ2v) is 19.5. The van der Waals surface area contributed by atoms with Crippen molar-refractivity contribution >= 4 is 29.9 Å². The largest absolute Gasteiger partial charge is 0.445 e. The van der Waals surface area contributed by atoms with Crippen molar-refractivity contribution in [2.75, 3.05) is 13.1 Å². The molecule has 0 bridgehead atoms. The van der Waals surface area contributed by atoms with Crippen molar-refractivity contribution in [2.24, 2.45) is 11.8 Å². The smallest absolute Gasteiger partial charge is 0.408 e. The highest BCUT2D eigenvalue weighted by Gasteiger charge is 2.46. The Hall–Kier alpha value is -4.95. The molecule has 2 aromatic rings. The predicted molar refractivity (Wildman–Crippen MR) is 239 cm³/mol. The van der Waals surface area contributed by atoms with Gasteiger partial charge in [0.2, 0.25) is 17.7 Å². The molecule has 342 valence electrons. The number of hydrogen-bond acceptors (Lipinski definition) is 9. The van der Waals surface area contributed by atoms with Gasteiger partial charge in [0.25, 0.3) is 0 Å². The third kappa shape index (κ3) is 15.7. The van der Waals surface area contributed by atoms with E-state index in [2.05, 4.69) is 35.1 Å². The summed E-state index contributed by atoms with van der Waals surface area (Å²) in [5, 5.41) is 24.1. The standard InChI is InChI=1S/C48H72N6O8/c1-33(2)28-37(51-45(59)62-46(3,4)5)25-24-36(29-34-18-12-10-13-19-34)43(57)53-27-17-23-40(53)42(56)52-39(22-16-26-49-44(58)61-32-35-20-14-11-15-21-35)41(55)50-38-30-47(6,7)54(60)48(8,9)31-38/h10-15,18-21,24-25,33,36-40,60H,16-17,22-23,26-32H2,1-9H3,(H,49,58)(H,50,55)(H,51,59)(H,52,56)/b25-24+/t36-,37-,39+,40+/m1/s1. The van der Waals surface area contributed by atoms with Gasteiger partial charge in [0.15, 0.2) is 0 Å². The molecule has 0 aromatic heterocycles. The summed E-state index contributed by atoms with van der Waals surface area (Å²) in [4.78, 5) is 69.9. The first-order chi connectivity index (χ1) is 29.1. The van der Waals surface area contributed by atoms with Crippen LogP contribution in [0, 0.1) is 11.8 Å². The minimum Gasteiger partial charge on any atom is -0.445 e. The monoisotopic (exact) mass is 861 g/mol. The Labute approximate surface area is 368 Å². The second kappa shape index (κ2) is 22.4. The number of benzene rings is 2. The summed E-state index contributed by atoms with van der Waals surface area (Å²) in [7, 11) is 0. The number of ether oxygens (including phenoxy) is 2. The van der Waals surface area contributed by atoms with Crippen molar-refractivity contribution in [3.8, 4) is 0 Å². The number of alkyl carbamates (subject to hydrolysis) is 2. The number of amides is 5. The highest BCUT2D eigenvalue weighted by molar-refractivity contribution is 5.93. The van der Waals surface area contributed by atoms with Gasteiger partial charge in [-0.1, -0.05) is 86.7 Å². The van der Waals surface area contributed by atoms with Crippen LogP contribution in [0.4, 0.5) is 9.59 Å². The lowest BCUT2D eigenvalue weighted by molar-refractivity contribution is -0.246. The van der Waals surface area contributed by atoms with Gasteiger partial charge >= 0.3 is 12.2 Å². The van der Waals surface area contributed by atoms with E-state index in [0.29, 0.717) is 51.5 Å². The van der Waals surface area contributed by atoms with Crippen LogP contribution in [0.25, 0.3) is 0 Å². The van der Waals surface area contributed by atoms with Crippen LogP contribution in [0.15, 0.2) is 72.8 Å². The molecule has 2 fully saturated rings. The molecule has 2 aliphatic rings. The first-order valence-corrected chi connectivity index (χ1v) is 22.2. The molecular weight excluding hydrogens is 789 g/mol. The number of carbonyl (C=O) groups excluding carboxylic acids is 5. The summed E-state index contributed by atoms with van der Waals surface area (Å²) >= 11 is 0. The fraction of sp³-hybridized carbons (Fsp3) is 0.604. The first-order valence-electron chi connectivity index (χ1n) is 22.2. The number of hydrogen-bond donors (Lipinski definition) is 5. The molecule has 0 radical (unpaired) electrons. The Morgan fingerprint density at radius 2 is 1.48 bits per heavy atom. The van der Waals surface area contributed by atoms with Gasteiger partial charge in [-0.2, -0.15) is 5.06 Å². The molecule has 2 heterocycles. The zero-order valence-corrected chi connectivity index (χ0v) is 38.4. The van der Waals surface area contributed by atoms with Gasteiger partial charge in [-0.05, 0) is 117 Å². The number of carbonyl (C=O) groups is 5. The minimum absolute atomic E-state index is 0.118. The molecule has 62 heavy (non-hydrogen) atoms. The maximum atomic E-state index is 14.6. The van der Waals surface area contributed by atoms with Gasteiger partial charge in [0.05, 0.1) is 12.0 Å². The maximum absolute atomic E-state index is 14.6. The lowest BCUT2D eigenvalue weighted by Gasteiger charge is -2.51. The molecule has 2 aliphatic heterocycles. The predicted octanol–water partition coefficient (Wildman–Crippen LogP) is 7.05. The highest BCUT2D eigenvalue weighted by atomic mass is 16.6. The Bertz CT molecular complexity index is 1790. The van der Waals surface area contributed by atoms with Gasteiger partial charge in [-0.25, -0.2) is 9.59 Å². The number of hydroxylamine groups is 2. The van der Waals surface area contributed by atoms with Crippen LogP contribution < -0.4 is 21.3 Å². The van der Waals surface area contributed by atoms with E-state index in [4.69, 9.17) is 9.47 Å². The Morgan fingerprint density at radius 3 is 2.08 bits per heavy atom. The van der Waals surface area contributed by atoms with Crippen molar-refractivity contribution in [1.29, 1.82) is 0 Å². The summed E-state index contributed by atoms with van der Waals surface area (Å²) in [5.74, 6) is -1.42. The van der Waals surface area contributed by atoms with Crippen LogP contribution in [-0.4, -0.2) is 99.0 Å². The minimum atomic E-state index is -0.962. The van der Waals surface area contributed by atoms with Crippen molar-refractivity contribution in [2.45, 2.75) is 161 Å². The van der Waals surface area contributed by atoms with Crippen LogP contribution >= 0.6 is 0 Å². The normalized spacial score (nSPS) is 19.3. The van der Waals surface area contributed by atoms with Gasteiger partial charge in [-0.15, -0.1) is 0 Å². The highest BCUT2D eigenvalue weighted by Crippen LogP contribution is 2.36. The number of likely N-dealkylation sites (tertiary alicyclic amines) is 1. The summed E-state index contributed by atoms with van der Waals surface area (Å²) < 4.78 is 10.9. The Kier molecular flexibility index (Phi) is 18.0. The van der Waals surface area contributed by atoms with E-state index in [0.717, 1.165) is 11.1 Å². The zero-order valence-electron chi connectivity index (χ0n) is 38.4. The molecule has 4 rings (SSSR count). The van der Waals surface area contributed by atoms with Crippen LogP contribution in [0.5, 0.6) is 0 Å². The molecule has 0 unspecified atom stereocenters. The zero-order chi connectivity index (χ0) is 45.7. The average molecular weight is 861 g/mol. The number of nitrogens with one attached hydrogen (secondary N) is 4. The molecule has 2 aromatic carbocycles. The molecular formula is C48H72N6O8. The molecule has 0 spiro atoms. The lowest BCUT2D eigenvalue weighted by Crippen LogP contribution is -2.64. The van der Waals surface area contributed by atoms with Crippen LogP contribution in [0.1, 0.15) is 118 Å². The van der Waals surface area contributed by atoms with E-state index in [1.807, 2.05) is 101 Å². The van der Waals surface area contributed by atoms with Gasteiger partial charge in [-0.3, -0.25) is 14.4 Å². The van der Waals surface area contributed by atoms with Crippen molar-refractivity contribution in [1.82, 2.24) is 31.2 Å². The molecule has 2 saturated heterocycles. The summed E-state index contributed by atoms with van der Waals surface area (Å²) in [6.45, 7) is 17.9. The number of piperidine rings is 1. The Balaban J connectivity index is 1.51. The summed E-state index contributed by atoms with van der Waals surface area (Å²) in [6.07, 6.45) is 6.15. The van der Waals surface area contributed by atoms with Crippen LogP contribution in [-0.2, 0) is 36.9 Å². The Morgan fingerprint density at radius 1 is 0.871 bits per heavy atom. The van der Waals surface area contributed by atoms with Crippen LogP contribution in [0.3, 0.4) is 0 Å². The van der Waals surface area contributed by atoms with E-state index < -0.39 is 58.8 Å². The fourth-order valence-electron chi connectivity index (χ4n) is 8.52. The van der Waals surface area contributed by atoms with Gasteiger partial charge in [0.1, 0.15) is 24.3 Å². The average Bonchev–Trinajstić information content (AvgIpc) is 3.68. The molecule has 5 N–H and O–H groups in total. The van der Waals surface area contributed by atoms with Gasteiger partial charge in [0, 0.05) is 30.2 Å². The van der Waals surface area contributed by atoms with Gasteiger partial charge < -0.3 is 40.8 Å². The lowest BCUT2D eigenvalue weighted by atomic mass is 9.79. The molecule has 0 aliphatic carbocycles. The molecule has 14 nitrogen and oxygen atoms in total. The second-order valence-electron chi connectivity index (χ2n) is 19.5. The first kappa shape index (κ1) is 49.7. The molecule has 4 atom stereocenters. The van der Waals surface area contributed by atoms with E-state index >= 15 is 0 Å². The topological polar surface area (TPSA) is 179 Å². The quantitative estimate of drug-likeness (QED) is 0.0776. The SMILES string of the molecule is CC(C)C[C@@H](/C=C/[C@H](Cc1ccccc1)C(=O)N1CCC[C@H]1C(=O)N[C@@H](CCCNC(=O)OCc1ccccc1)C(=O)NC1CC(C)(C)N(O)C(C)(C)C1)NC(=O)OC(C)(C)C. The van der Waals surface area contributed by atoms with Crippen LogP contribution in [0.2, 0.25) is 0 Å². The maximum Gasteiger partial charge on any atom is 0.408 e. The molecule has 0 saturated carbocycles. The third-order valence-corrected chi connectivity index (χ3v) is 11.2. The number of rotatable bonds is 18. The third-order valence-electron chi connectivity index (χ3n) is 11.2. The number of nitrogens with zero attached hydrogens (tertiary/aromatic N) is 2. The van der Waals surface area contributed by atoms with Crippen molar-refractivity contribution in [3.63, 3.8) is 0 Å².